The fourth-order valence-electron chi connectivity index (χ4n) is 1.03. The van der Waals surface area contributed by atoms with Crippen LogP contribution in [0.3, 0.4) is 0 Å². The maximum atomic E-state index is 8.99. The normalized spacial score (nSPS) is 12.1. The van der Waals surface area contributed by atoms with Gasteiger partial charge in [0.25, 0.3) is 0 Å². The number of fused-ring (bicyclic) bond motifs is 1. The van der Waals surface area contributed by atoms with Gasteiger partial charge in [-0.05, 0) is 12.8 Å². The van der Waals surface area contributed by atoms with Crippen molar-refractivity contribution in [2.45, 2.75) is 13.0 Å². The predicted octanol–water partition coefficient (Wildman–Crippen LogP) is 0.0852. The summed E-state index contributed by atoms with van der Waals surface area (Å²) in [5.74, 6) is 5.36. The molecule has 0 saturated heterocycles. The third-order valence-electron chi connectivity index (χ3n) is 1.62. The number of nitrogens with one attached hydrogen (secondary N) is 1. The Labute approximate surface area is 80.2 Å². The molecule has 0 fully saturated rings. The second-order valence-corrected chi connectivity index (χ2v) is 2.77. The van der Waals surface area contributed by atoms with E-state index in [1.165, 1.54) is 12.7 Å². The number of imidazole rings is 1. The van der Waals surface area contributed by atoms with Crippen molar-refractivity contribution in [3.8, 4) is 11.8 Å². The lowest BCUT2D eigenvalue weighted by molar-refractivity contribution is 0.253. The highest BCUT2D eigenvalue weighted by Gasteiger charge is 2.02. The monoisotopic (exact) mass is 188 g/mol. The van der Waals surface area contributed by atoms with Gasteiger partial charge in [0.1, 0.15) is 23.6 Å². The van der Waals surface area contributed by atoms with Crippen molar-refractivity contribution in [3.05, 3.63) is 18.3 Å². The Hall–Kier alpha value is -1.93. The molecule has 14 heavy (non-hydrogen) atoms. The lowest BCUT2D eigenvalue weighted by Crippen LogP contribution is -1.94. The maximum Gasteiger partial charge on any atom is 0.181 e. The van der Waals surface area contributed by atoms with Crippen molar-refractivity contribution >= 4 is 11.2 Å². The number of aromatic amines is 1. The van der Waals surface area contributed by atoms with Gasteiger partial charge in [-0.2, -0.15) is 0 Å². The minimum atomic E-state index is -0.664. The molecule has 0 spiro atoms. The van der Waals surface area contributed by atoms with E-state index in [-0.39, 0.29) is 0 Å². The van der Waals surface area contributed by atoms with Gasteiger partial charge in [-0.3, -0.25) is 0 Å². The summed E-state index contributed by atoms with van der Waals surface area (Å²) in [5.41, 5.74) is 1.82. The van der Waals surface area contributed by atoms with Crippen LogP contribution in [0, 0.1) is 11.8 Å². The fourth-order valence-corrected chi connectivity index (χ4v) is 1.03. The van der Waals surface area contributed by atoms with Crippen molar-refractivity contribution in [1.82, 2.24) is 19.9 Å². The second kappa shape index (κ2) is 3.44. The summed E-state index contributed by atoms with van der Waals surface area (Å²) in [6, 6.07) is 0. The molecule has 0 aliphatic carbocycles. The highest BCUT2D eigenvalue weighted by Crippen LogP contribution is 2.07. The highest BCUT2D eigenvalue weighted by atomic mass is 16.3. The first-order chi connectivity index (χ1) is 6.77. The summed E-state index contributed by atoms with van der Waals surface area (Å²) in [6.45, 7) is 1.60. The molecule has 0 amide bonds. The molecule has 2 heterocycles. The number of H-pyrrole nitrogens is 1. The molecule has 2 N–H and O–H groups in total. The Balaban J connectivity index is 2.53. The third kappa shape index (κ3) is 1.56. The summed E-state index contributed by atoms with van der Waals surface area (Å²) < 4.78 is 0. The fraction of sp³-hybridized carbons (Fsp3) is 0.222. The molecule has 2 aromatic rings. The van der Waals surface area contributed by atoms with Gasteiger partial charge in [0.2, 0.25) is 0 Å². The van der Waals surface area contributed by atoms with E-state index in [1.807, 2.05) is 0 Å². The van der Waals surface area contributed by atoms with Crippen LogP contribution in [0.15, 0.2) is 12.7 Å². The van der Waals surface area contributed by atoms with Crippen molar-refractivity contribution < 1.29 is 5.11 Å². The quantitative estimate of drug-likeness (QED) is 0.574. The average Bonchev–Trinajstić information content (AvgIpc) is 2.62. The smallest absolute Gasteiger partial charge is 0.181 e. The zero-order chi connectivity index (χ0) is 9.97. The van der Waals surface area contributed by atoms with Crippen molar-refractivity contribution in [3.63, 3.8) is 0 Å². The van der Waals surface area contributed by atoms with Crippen LogP contribution in [0.25, 0.3) is 11.2 Å². The molecule has 2 rings (SSSR count). The Morgan fingerprint density at radius 3 is 3.07 bits per heavy atom. The SMILES string of the molecule is CC(O)C#Cc1ncnc2nc[nH]c12. The van der Waals surface area contributed by atoms with E-state index in [0.29, 0.717) is 16.9 Å². The molecule has 5 heteroatoms. The average molecular weight is 188 g/mol. The third-order valence-corrected chi connectivity index (χ3v) is 1.62. The Morgan fingerprint density at radius 1 is 1.43 bits per heavy atom. The van der Waals surface area contributed by atoms with Gasteiger partial charge in [0.15, 0.2) is 5.65 Å². The van der Waals surface area contributed by atoms with E-state index in [4.69, 9.17) is 5.11 Å². The van der Waals surface area contributed by atoms with Gasteiger partial charge < -0.3 is 10.1 Å². The summed E-state index contributed by atoms with van der Waals surface area (Å²) in [4.78, 5) is 14.8. The molecule has 1 atom stereocenters. The summed E-state index contributed by atoms with van der Waals surface area (Å²) in [6.07, 6.45) is 2.27. The first kappa shape index (κ1) is 8.66. The number of hydrogen-bond donors (Lipinski definition) is 2. The number of aromatic nitrogens is 4. The van der Waals surface area contributed by atoms with E-state index < -0.39 is 6.10 Å². The number of aliphatic hydroxyl groups excluding tert-OH is 1. The van der Waals surface area contributed by atoms with Crippen LogP contribution < -0.4 is 0 Å². The van der Waals surface area contributed by atoms with Crippen LogP contribution in [0.1, 0.15) is 12.6 Å². The number of aliphatic hydroxyl groups is 1. The van der Waals surface area contributed by atoms with Crippen LogP contribution in [-0.2, 0) is 0 Å². The van der Waals surface area contributed by atoms with Gasteiger partial charge in [0, 0.05) is 0 Å². The van der Waals surface area contributed by atoms with Gasteiger partial charge in [-0.25, -0.2) is 15.0 Å². The Kier molecular flexibility index (Phi) is 2.13. The van der Waals surface area contributed by atoms with Gasteiger partial charge in [0.05, 0.1) is 6.33 Å². The second-order valence-electron chi connectivity index (χ2n) is 2.77. The van der Waals surface area contributed by atoms with E-state index in [1.54, 1.807) is 6.92 Å². The topological polar surface area (TPSA) is 74.7 Å². The van der Waals surface area contributed by atoms with Gasteiger partial charge >= 0.3 is 0 Å². The summed E-state index contributed by atoms with van der Waals surface area (Å²) in [7, 11) is 0. The first-order valence-electron chi connectivity index (χ1n) is 4.11. The first-order valence-corrected chi connectivity index (χ1v) is 4.11. The lowest BCUT2D eigenvalue weighted by atomic mass is 10.3. The Morgan fingerprint density at radius 2 is 2.29 bits per heavy atom. The minimum Gasteiger partial charge on any atom is -0.381 e. The van der Waals surface area contributed by atoms with E-state index in [0.717, 1.165) is 0 Å². The van der Waals surface area contributed by atoms with Crippen molar-refractivity contribution in [1.29, 1.82) is 0 Å². The molecular weight excluding hydrogens is 180 g/mol. The minimum absolute atomic E-state index is 0.549. The van der Waals surface area contributed by atoms with E-state index in [9.17, 15) is 0 Å². The molecule has 1 unspecified atom stereocenters. The predicted molar refractivity (Wildman–Crippen MR) is 50.2 cm³/mol. The molecular formula is C9H8N4O. The molecule has 0 aromatic carbocycles. The van der Waals surface area contributed by atoms with Crippen LogP contribution in [0.5, 0.6) is 0 Å². The van der Waals surface area contributed by atoms with Crippen LogP contribution in [0.4, 0.5) is 0 Å². The molecule has 0 aliphatic rings. The van der Waals surface area contributed by atoms with Crippen LogP contribution in [-0.4, -0.2) is 31.1 Å². The number of hydrogen-bond acceptors (Lipinski definition) is 4. The van der Waals surface area contributed by atoms with E-state index >= 15 is 0 Å². The molecule has 2 aromatic heterocycles. The Bertz CT molecular complexity index is 506. The molecule has 70 valence electrons. The zero-order valence-electron chi connectivity index (χ0n) is 7.52. The standard InChI is InChI=1S/C9H8N4O/c1-6(14)2-3-7-8-9(12-4-10-7)13-5-11-8/h4-6,14H,1H3,(H,10,11,12,13). The molecule has 0 bridgehead atoms. The highest BCUT2D eigenvalue weighted by molar-refractivity contribution is 5.75. The molecule has 0 saturated carbocycles. The summed E-state index contributed by atoms with van der Waals surface area (Å²) >= 11 is 0. The van der Waals surface area contributed by atoms with Gasteiger partial charge in [-0.15, -0.1) is 0 Å². The van der Waals surface area contributed by atoms with E-state index in [2.05, 4.69) is 31.8 Å². The largest absolute Gasteiger partial charge is 0.381 e. The zero-order valence-corrected chi connectivity index (χ0v) is 7.52. The summed E-state index contributed by atoms with van der Waals surface area (Å²) in [5, 5.41) is 8.99. The number of rotatable bonds is 0. The van der Waals surface area contributed by atoms with Gasteiger partial charge in [-0.1, -0.05) is 5.92 Å². The van der Waals surface area contributed by atoms with Crippen molar-refractivity contribution in [2.24, 2.45) is 0 Å². The van der Waals surface area contributed by atoms with Crippen LogP contribution >= 0.6 is 0 Å². The maximum absolute atomic E-state index is 8.99. The lowest BCUT2D eigenvalue weighted by Gasteiger charge is -1.91. The molecule has 0 radical (unpaired) electrons. The molecule has 0 aliphatic heterocycles. The van der Waals surface area contributed by atoms with Crippen LogP contribution in [0.2, 0.25) is 0 Å². The van der Waals surface area contributed by atoms with Crippen molar-refractivity contribution in [2.75, 3.05) is 0 Å². The number of nitrogens with zero attached hydrogens (tertiary/aromatic N) is 3. The molecule has 5 nitrogen and oxygen atoms in total.